The minimum Gasteiger partial charge on any atom is -0.398 e. The summed E-state index contributed by atoms with van der Waals surface area (Å²) in [6.45, 7) is 3.90. The van der Waals surface area contributed by atoms with Crippen LogP contribution >= 0.6 is 0 Å². The number of nitrogens with two attached hydrogens (primary N) is 1. The Balaban J connectivity index is 2.26. The zero-order chi connectivity index (χ0) is 14.8. The van der Waals surface area contributed by atoms with E-state index >= 15 is 0 Å². The Kier molecular flexibility index (Phi) is 4.70. The van der Waals surface area contributed by atoms with Crippen LogP contribution in [0.5, 0.6) is 0 Å². The molecule has 1 saturated carbocycles. The molecule has 0 amide bonds. The Labute approximate surface area is 121 Å². The molecular formula is C15H24N2O2S. The maximum absolute atomic E-state index is 12.6. The van der Waals surface area contributed by atoms with Crippen LogP contribution in [0.4, 0.5) is 5.69 Å². The van der Waals surface area contributed by atoms with Crippen LogP contribution in [-0.2, 0) is 10.0 Å². The van der Waals surface area contributed by atoms with Crippen LogP contribution in [0.3, 0.4) is 0 Å². The normalized spacial score (nSPS) is 24.3. The van der Waals surface area contributed by atoms with Gasteiger partial charge in [-0.25, -0.2) is 13.1 Å². The number of benzene rings is 1. The second kappa shape index (κ2) is 6.14. The van der Waals surface area contributed by atoms with Gasteiger partial charge in [-0.05, 0) is 37.3 Å². The first-order chi connectivity index (χ1) is 9.42. The fourth-order valence-electron chi connectivity index (χ4n) is 2.97. The number of hydrogen-bond donors (Lipinski definition) is 2. The summed E-state index contributed by atoms with van der Waals surface area (Å²) in [5.41, 5.74) is 6.87. The van der Waals surface area contributed by atoms with Gasteiger partial charge in [0, 0.05) is 6.04 Å². The van der Waals surface area contributed by atoms with E-state index in [9.17, 15) is 8.42 Å². The van der Waals surface area contributed by atoms with Gasteiger partial charge in [0.1, 0.15) is 4.90 Å². The van der Waals surface area contributed by atoms with Gasteiger partial charge in [0.25, 0.3) is 0 Å². The number of hydrogen-bond acceptors (Lipinski definition) is 3. The third-order valence-corrected chi connectivity index (χ3v) is 5.89. The molecule has 0 spiro atoms. The van der Waals surface area contributed by atoms with E-state index in [-0.39, 0.29) is 10.9 Å². The van der Waals surface area contributed by atoms with E-state index in [0.29, 0.717) is 17.2 Å². The van der Waals surface area contributed by atoms with Crippen molar-refractivity contribution in [3.05, 3.63) is 23.8 Å². The molecule has 0 bridgehead atoms. The molecule has 1 fully saturated rings. The molecule has 2 rings (SSSR count). The highest BCUT2D eigenvalue weighted by atomic mass is 32.2. The Bertz CT molecular complexity index is 549. The van der Waals surface area contributed by atoms with Gasteiger partial charge in [-0.15, -0.1) is 0 Å². The highest BCUT2D eigenvalue weighted by Crippen LogP contribution is 2.27. The Morgan fingerprint density at radius 3 is 2.60 bits per heavy atom. The lowest BCUT2D eigenvalue weighted by Gasteiger charge is -2.23. The summed E-state index contributed by atoms with van der Waals surface area (Å²) >= 11 is 0. The van der Waals surface area contributed by atoms with Crippen molar-refractivity contribution in [2.24, 2.45) is 5.92 Å². The molecule has 0 aliphatic heterocycles. The molecule has 1 aliphatic carbocycles. The van der Waals surface area contributed by atoms with Crippen LogP contribution in [0.25, 0.3) is 0 Å². The topological polar surface area (TPSA) is 72.2 Å². The van der Waals surface area contributed by atoms with Crippen LogP contribution in [0.2, 0.25) is 0 Å². The molecular weight excluding hydrogens is 272 g/mol. The second-order valence-corrected chi connectivity index (χ2v) is 7.49. The third kappa shape index (κ3) is 3.33. The predicted octanol–water partition coefficient (Wildman–Crippen LogP) is 2.82. The lowest BCUT2D eigenvalue weighted by molar-refractivity contribution is 0.399. The third-order valence-electron chi connectivity index (χ3n) is 4.18. The molecule has 2 unspecified atom stereocenters. The zero-order valence-electron chi connectivity index (χ0n) is 12.2. The molecule has 5 heteroatoms. The van der Waals surface area contributed by atoms with Gasteiger partial charge in [-0.2, -0.15) is 0 Å². The van der Waals surface area contributed by atoms with Gasteiger partial charge < -0.3 is 5.73 Å². The summed E-state index contributed by atoms with van der Waals surface area (Å²) in [4.78, 5) is 0.233. The molecule has 2 atom stereocenters. The SMILES string of the molecule is Cc1cccc(N)c1S(=O)(=O)NC1CCCCCC1C. The van der Waals surface area contributed by atoms with Crippen LogP contribution < -0.4 is 10.5 Å². The van der Waals surface area contributed by atoms with Crippen LogP contribution in [0, 0.1) is 12.8 Å². The highest BCUT2D eigenvalue weighted by Gasteiger charge is 2.27. The molecule has 4 nitrogen and oxygen atoms in total. The first kappa shape index (κ1) is 15.3. The predicted molar refractivity (Wildman–Crippen MR) is 81.9 cm³/mol. The van der Waals surface area contributed by atoms with Crippen molar-refractivity contribution in [2.75, 3.05) is 5.73 Å². The van der Waals surface area contributed by atoms with Gasteiger partial charge in [0.2, 0.25) is 10.0 Å². The Morgan fingerprint density at radius 2 is 1.90 bits per heavy atom. The highest BCUT2D eigenvalue weighted by molar-refractivity contribution is 7.89. The summed E-state index contributed by atoms with van der Waals surface area (Å²) < 4.78 is 28.1. The van der Waals surface area contributed by atoms with E-state index in [4.69, 9.17) is 5.73 Å². The van der Waals surface area contributed by atoms with Crippen LogP contribution in [0.1, 0.15) is 44.6 Å². The monoisotopic (exact) mass is 296 g/mol. The number of rotatable bonds is 3. The lowest BCUT2D eigenvalue weighted by Crippen LogP contribution is -2.39. The van der Waals surface area contributed by atoms with Gasteiger partial charge in [0.05, 0.1) is 5.69 Å². The number of anilines is 1. The first-order valence-corrected chi connectivity index (χ1v) is 8.77. The van der Waals surface area contributed by atoms with Crippen molar-refractivity contribution < 1.29 is 8.42 Å². The summed E-state index contributed by atoms with van der Waals surface area (Å²) in [5.74, 6) is 0.373. The second-order valence-electron chi connectivity index (χ2n) is 5.84. The van der Waals surface area contributed by atoms with Crippen molar-refractivity contribution in [2.45, 2.75) is 56.9 Å². The molecule has 3 N–H and O–H groups in total. The molecule has 0 aromatic heterocycles. The quantitative estimate of drug-likeness (QED) is 0.665. The van der Waals surface area contributed by atoms with E-state index in [1.54, 1.807) is 25.1 Å². The van der Waals surface area contributed by atoms with Gasteiger partial charge in [-0.3, -0.25) is 0 Å². The minimum absolute atomic E-state index is 0.0153. The average Bonchev–Trinajstić information content (AvgIpc) is 2.54. The fraction of sp³-hybridized carbons (Fsp3) is 0.600. The van der Waals surface area contributed by atoms with E-state index in [1.165, 1.54) is 12.8 Å². The lowest BCUT2D eigenvalue weighted by atomic mass is 9.98. The molecule has 1 aromatic carbocycles. The van der Waals surface area contributed by atoms with Crippen LogP contribution in [-0.4, -0.2) is 14.5 Å². The maximum Gasteiger partial charge on any atom is 0.243 e. The summed E-state index contributed by atoms with van der Waals surface area (Å²) in [6.07, 6.45) is 5.45. The first-order valence-electron chi connectivity index (χ1n) is 7.29. The maximum atomic E-state index is 12.6. The fourth-order valence-corrected chi connectivity index (χ4v) is 4.71. The van der Waals surface area contributed by atoms with Crippen molar-refractivity contribution in [1.82, 2.24) is 4.72 Å². The van der Waals surface area contributed by atoms with Crippen molar-refractivity contribution in [3.8, 4) is 0 Å². The van der Waals surface area contributed by atoms with Gasteiger partial charge >= 0.3 is 0 Å². The van der Waals surface area contributed by atoms with Gasteiger partial charge in [0.15, 0.2) is 0 Å². The number of aryl methyl sites for hydroxylation is 1. The number of nitrogen functional groups attached to an aromatic ring is 1. The molecule has 1 aliphatic rings. The Hall–Kier alpha value is -1.07. The van der Waals surface area contributed by atoms with Crippen LogP contribution in [0.15, 0.2) is 23.1 Å². The van der Waals surface area contributed by atoms with Gasteiger partial charge in [-0.1, -0.05) is 38.3 Å². The smallest absolute Gasteiger partial charge is 0.243 e. The summed E-state index contributed by atoms with van der Waals surface area (Å²) in [5, 5.41) is 0. The van der Waals surface area contributed by atoms with E-state index in [0.717, 1.165) is 19.3 Å². The number of nitrogens with one attached hydrogen (secondary N) is 1. The number of sulfonamides is 1. The van der Waals surface area contributed by atoms with Crippen molar-refractivity contribution in [1.29, 1.82) is 0 Å². The standard InChI is InChI=1S/C15H24N2O2S/c1-11-7-4-3-5-10-14(11)17-20(18,19)15-12(2)8-6-9-13(15)16/h6,8-9,11,14,17H,3-5,7,10,16H2,1-2H3. The Morgan fingerprint density at radius 1 is 1.20 bits per heavy atom. The molecule has 1 aromatic rings. The van der Waals surface area contributed by atoms with E-state index in [2.05, 4.69) is 11.6 Å². The summed E-state index contributed by atoms with van der Waals surface area (Å²) in [7, 11) is -3.55. The molecule has 20 heavy (non-hydrogen) atoms. The average molecular weight is 296 g/mol. The van der Waals surface area contributed by atoms with Crippen molar-refractivity contribution >= 4 is 15.7 Å². The molecule has 112 valence electrons. The molecule has 0 saturated heterocycles. The van der Waals surface area contributed by atoms with E-state index < -0.39 is 10.0 Å². The van der Waals surface area contributed by atoms with E-state index in [1.807, 2.05) is 0 Å². The molecule has 0 heterocycles. The zero-order valence-corrected chi connectivity index (χ0v) is 13.0. The summed E-state index contributed by atoms with van der Waals surface area (Å²) in [6, 6.07) is 5.21. The minimum atomic E-state index is -3.55. The molecule has 0 radical (unpaired) electrons. The largest absolute Gasteiger partial charge is 0.398 e. The van der Waals surface area contributed by atoms with Crippen molar-refractivity contribution in [3.63, 3.8) is 0 Å².